The van der Waals surface area contributed by atoms with Crippen molar-refractivity contribution in [2.24, 2.45) is 10.5 Å². The van der Waals surface area contributed by atoms with Crippen molar-refractivity contribution in [2.45, 2.75) is 34.0 Å². The van der Waals surface area contributed by atoms with Gasteiger partial charge in [0.15, 0.2) is 0 Å². The first kappa shape index (κ1) is 12.9. The van der Waals surface area contributed by atoms with Crippen LogP contribution in [0.15, 0.2) is 29.4 Å². The molecule has 1 atom stereocenters. The second-order valence-electron chi connectivity index (χ2n) is 5.98. The minimum Gasteiger partial charge on any atom is -0.355 e. The Morgan fingerprint density at radius 1 is 1.22 bits per heavy atom. The summed E-state index contributed by atoms with van der Waals surface area (Å²) < 4.78 is 0. The van der Waals surface area contributed by atoms with E-state index in [0.717, 1.165) is 5.69 Å². The Morgan fingerprint density at radius 3 is 2.39 bits per heavy atom. The monoisotopic (exact) mass is 247 g/mol. The number of aliphatic hydroxyl groups excluding tert-OH is 1. The molecule has 0 saturated heterocycles. The third-order valence-electron chi connectivity index (χ3n) is 2.81. The molecule has 2 rings (SSSR count). The van der Waals surface area contributed by atoms with Gasteiger partial charge in [0.25, 0.3) is 0 Å². The average Bonchev–Trinajstić information content (AvgIpc) is 2.60. The van der Waals surface area contributed by atoms with Crippen molar-refractivity contribution in [3.05, 3.63) is 29.8 Å². The Kier molecular flexibility index (Phi) is 3.30. The van der Waals surface area contributed by atoms with Crippen molar-refractivity contribution in [2.75, 3.05) is 11.4 Å². The highest BCUT2D eigenvalue weighted by molar-refractivity contribution is 5.80. The molecule has 0 bridgehead atoms. The molecule has 1 unspecified atom stereocenters. The summed E-state index contributed by atoms with van der Waals surface area (Å²) in [4.78, 5) is 1.77. The molecule has 18 heavy (non-hydrogen) atoms. The van der Waals surface area contributed by atoms with Gasteiger partial charge in [0.05, 0.1) is 0 Å². The largest absolute Gasteiger partial charge is 0.355 e. The maximum atomic E-state index is 10.3. The minimum absolute atomic E-state index is 0.0988. The van der Waals surface area contributed by atoms with Crippen molar-refractivity contribution in [3.63, 3.8) is 0 Å². The van der Waals surface area contributed by atoms with Crippen LogP contribution in [-0.4, -0.2) is 29.4 Å². The second kappa shape index (κ2) is 4.61. The van der Waals surface area contributed by atoms with Gasteiger partial charge in [0, 0.05) is 12.2 Å². The third-order valence-corrected chi connectivity index (χ3v) is 2.81. The van der Waals surface area contributed by atoms with E-state index in [-0.39, 0.29) is 5.41 Å². The fraction of sp³-hybridized carbons (Fsp3) is 0.500. The highest BCUT2D eigenvalue weighted by Gasteiger charge is 2.29. The smallest absolute Gasteiger partial charge is 0.228 e. The van der Waals surface area contributed by atoms with Crippen LogP contribution in [0, 0.1) is 12.3 Å². The van der Waals surface area contributed by atoms with E-state index in [9.17, 15) is 5.11 Å². The summed E-state index contributed by atoms with van der Waals surface area (Å²) in [6.45, 7) is 9.15. The minimum atomic E-state index is -0.716. The molecule has 1 aliphatic rings. The van der Waals surface area contributed by atoms with Gasteiger partial charge in [-0.3, -0.25) is 4.90 Å². The van der Waals surface area contributed by atoms with Crippen LogP contribution in [0.2, 0.25) is 0 Å². The number of hydrogen-bond acceptors (Lipinski definition) is 4. The topological polar surface area (TPSA) is 39.1 Å². The Morgan fingerprint density at radius 2 is 1.83 bits per heavy atom. The van der Waals surface area contributed by atoms with Crippen LogP contribution in [0.25, 0.3) is 0 Å². The average molecular weight is 247 g/mol. The van der Waals surface area contributed by atoms with Crippen molar-refractivity contribution < 1.29 is 5.11 Å². The number of nitrogens with zero attached hydrogens (tertiary/aromatic N) is 3. The number of anilines is 1. The first-order valence-corrected chi connectivity index (χ1v) is 6.21. The van der Waals surface area contributed by atoms with E-state index >= 15 is 0 Å². The number of benzene rings is 1. The predicted molar refractivity (Wildman–Crippen MR) is 74.3 cm³/mol. The fourth-order valence-electron chi connectivity index (χ4n) is 1.91. The van der Waals surface area contributed by atoms with E-state index in [4.69, 9.17) is 0 Å². The Labute approximate surface area is 109 Å². The molecular weight excluding hydrogens is 226 g/mol. The quantitative estimate of drug-likeness (QED) is 0.872. The Hall–Kier alpha value is -1.55. The van der Waals surface area contributed by atoms with E-state index in [1.54, 1.807) is 16.2 Å². The molecule has 4 nitrogen and oxygen atoms in total. The zero-order valence-electron chi connectivity index (χ0n) is 11.5. The maximum Gasteiger partial charge on any atom is 0.228 e. The highest BCUT2D eigenvalue weighted by atomic mass is 16.3. The second-order valence-corrected chi connectivity index (χ2v) is 5.98. The molecule has 1 N–H and O–H groups in total. The van der Waals surface area contributed by atoms with Crippen molar-refractivity contribution >= 4 is 12.0 Å². The summed E-state index contributed by atoms with van der Waals surface area (Å²) >= 11 is 0. The van der Waals surface area contributed by atoms with Crippen LogP contribution in [0.5, 0.6) is 0 Å². The van der Waals surface area contributed by atoms with E-state index in [0.29, 0.717) is 6.54 Å². The van der Waals surface area contributed by atoms with Gasteiger partial charge in [-0.05, 0) is 24.5 Å². The number of rotatable bonds is 2. The summed E-state index contributed by atoms with van der Waals surface area (Å²) in [5.74, 6) is 0. The summed E-state index contributed by atoms with van der Waals surface area (Å²) in [6, 6.07) is 8.04. The van der Waals surface area contributed by atoms with Gasteiger partial charge in [-0.25, -0.2) is 5.01 Å². The van der Waals surface area contributed by atoms with Gasteiger partial charge >= 0.3 is 0 Å². The van der Waals surface area contributed by atoms with Crippen molar-refractivity contribution in [3.8, 4) is 0 Å². The van der Waals surface area contributed by atoms with Crippen LogP contribution in [0.3, 0.4) is 0 Å². The fourth-order valence-corrected chi connectivity index (χ4v) is 1.91. The van der Waals surface area contributed by atoms with Crippen molar-refractivity contribution in [1.29, 1.82) is 0 Å². The molecule has 4 heteroatoms. The van der Waals surface area contributed by atoms with Crippen LogP contribution < -0.4 is 4.90 Å². The van der Waals surface area contributed by atoms with E-state index in [2.05, 4.69) is 25.9 Å². The number of hydrazone groups is 1. The molecule has 0 aromatic heterocycles. The molecule has 0 radical (unpaired) electrons. The van der Waals surface area contributed by atoms with E-state index in [1.165, 1.54) is 5.56 Å². The standard InChI is InChI=1S/C14H21N3O/c1-11-5-7-12(8-6-11)16-10-15-17(13(16)18)9-14(2,3)4/h5-8,10,13,18H,9H2,1-4H3. The molecule has 98 valence electrons. The first-order chi connectivity index (χ1) is 8.37. The van der Waals surface area contributed by atoms with Gasteiger partial charge in [-0.15, -0.1) is 0 Å². The van der Waals surface area contributed by atoms with Crippen molar-refractivity contribution in [1.82, 2.24) is 5.01 Å². The molecule has 0 amide bonds. The van der Waals surface area contributed by atoms with Gasteiger partial charge < -0.3 is 5.11 Å². The Bertz CT molecular complexity index is 433. The summed E-state index contributed by atoms with van der Waals surface area (Å²) in [6.07, 6.45) is 0.966. The molecule has 0 aliphatic carbocycles. The van der Waals surface area contributed by atoms with E-state index in [1.807, 2.05) is 31.2 Å². The lowest BCUT2D eigenvalue weighted by Crippen LogP contribution is -2.42. The highest BCUT2D eigenvalue weighted by Crippen LogP contribution is 2.24. The van der Waals surface area contributed by atoms with E-state index < -0.39 is 6.35 Å². The molecule has 1 aliphatic heterocycles. The summed E-state index contributed by atoms with van der Waals surface area (Å²) in [5.41, 5.74) is 2.26. The van der Waals surface area contributed by atoms with Gasteiger partial charge in [-0.1, -0.05) is 38.5 Å². The maximum absolute atomic E-state index is 10.3. The Balaban J connectivity index is 2.10. The lowest BCUT2D eigenvalue weighted by atomic mass is 9.97. The van der Waals surface area contributed by atoms with Gasteiger partial charge in [0.2, 0.25) is 6.35 Å². The normalized spacial score (nSPS) is 19.7. The number of aliphatic hydroxyl groups is 1. The third kappa shape index (κ3) is 2.82. The van der Waals surface area contributed by atoms with Crippen LogP contribution >= 0.6 is 0 Å². The predicted octanol–water partition coefficient (Wildman–Crippen LogP) is 2.38. The van der Waals surface area contributed by atoms with Crippen LogP contribution in [0.4, 0.5) is 5.69 Å². The molecular formula is C14H21N3O. The molecule has 0 spiro atoms. The summed E-state index contributed by atoms with van der Waals surface area (Å²) in [7, 11) is 0. The molecule has 1 heterocycles. The molecule has 0 saturated carbocycles. The summed E-state index contributed by atoms with van der Waals surface area (Å²) in [5, 5.41) is 16.2. The SMILES string of the molecule is Cc1ccc(N2C=NN(CC(C)(C)C)C2O)cc1. The van der Waals surface area contributed by atoms with Crippen LogP contribution in [-0.2, 0) is 0 Å². The van der Waals surface area contributed by atoms with Crippen LogP contribution in [0.1, 0.15) is 26.3 Å². The number of hydrogen-bond donors (Lipinski definition) is 1. The zero-order valence-corrected chi connectivity index (χ0v) is 11.5. The molecule has 0 fully saturated rings. The molecule has 1 aromatic rings. The number of aryl methyl sites for hydroxylation is 1. The zero-order chi connectivity index (χ0) is 13.3. The lowest BCUT2D eigenvalue weighted by Gasteiger charge is -2.30. The van der Waals surface area contributed by atoms with Gasteiger partial charge in [0.1, 0.15) is 6.34 Å². The molecule has 1 aromatic carbocycles. The first-order valence-electron chi connectivity index (χ1n) is 6.21. The lowest BCUT2D eigenvalue weighted by molar-refractivity contribution is 0.00665. The van der Waals surface area contributed by atoms with Gasteiger partial charge in [-0.2, -0.15) is 5.10 Å².